The smallest absolute Gasteiger partial charge is 0.277 e. The summed E-state index contributed by atoms with van der Waals surface area (Å²) in [5, 5.41) is 23.9. The average Bonchev–Trinajstić information content (AvgIpc) is 2.49. The maximum atomic E-state index is 11.9. The highest BCUT2D eigenvalue weighted by Crippen LogP contribution is 2.22. The molecule has 0 aliphatic rings. The second kappa shape index (κ2) is 7.49. The minimum Gasteiger partial charge on any atom is -0.331 e. The lowest BCUT2D eigenvalue weighted by Gasteiger charge is -2.08. The number of nitro groups is 2. The van der Waals surface area contributed by atoms with Crippen molar-refractivity contribution >= 4 is 23.2 Å². The van der Waals surface area contributed by atoms with E-state index in [9.17, 15) is 29.8 Å². The molecule has 122 valence electrons. The van der Waals surface area contributed by atoms with Gasteiger partial charge in [-0.25, -0.2) is 0 Å². The molecule has 0 aromatic heterocycles. The molecule has 1 aromatic carbocycles. The van der Waals surface area contributed by atoms with Crippen LogP contribution in [0.25, 0.3) is 0 Å². The van der Waals surface area contributed by atoms with Crippen molar-refractivity contribution in [3.05, 3.63) is 55.9 Å². The highest BCUT2D eigenvalue weighted by atomic mass is 16.6. The first-order chi connectivity index (χ1) is 10.7. The molecule has 0 aliphatic heterocycles. The quantitative estimate of drug-likeness (QED) is 0.514. The molecule has 0 atom stereocenters. The molecule has 0 heterocycles. The predicted molar refractivity (Wildman–Crippen MR) is 77.9 cm³/mol. The van der Waals surface area contributed by atoms with Gasteiger partial charge in [0.1, 0.15) is 0 Å². The van der Waals surface area contributed by atoms with Crippen molar-refractivity contribution in [2.45, 2.75) is 13.8 Å². The molecule has 1 rings (SSSR count). The van der Waals surface area contributed by atoms with E-state index in [2.05, 4.69) is 16.2 Å². The van der Waals surface area contributed by atoms with Crippen LogP contribution in [0, 0.1) is 20.2 Å². The molecule has 3 N–H and O–H groups in total. The van der Waals surface area contributed by atoms with Crippen LogP contribution in [0.4, 0.5) is 11.4 Å². The van der Waals surface area contributed by atoms with Gasteiger partial charge in [0.2, 0.25) is 5.91 Å². The number of amides is 2. The lowest BCUT2D eigenvalue weighted by Crippen LogP contribution is -2.36. The molecule has 0 saturated carbocycles. The Hall–Kier alpha value is -3.50. The van der Waals surface area contributed by atoms with Gasteiger partial charge in [-0.3, -0.25) is 35.2 Å². The molecule has 11 nitrogen and oxygen atoms in total. The molecule has 0 bridgehead atoms. The Morgan fingerprint density at radius 1 is 1.00 bits per heavy atom. The van der Waals surface area contributed by atoms with Crippen LogP contribution in [0.5, 0.6) is 0 Å². The Morgan fingerprint density at radius 3 is 1.96 bits per heavy atom. The summed E-state index contributed by atoms with van der Waals surface area (Å²) in [7, 11) is 0. The van der Waals surface area contributed by atoms with Gasteiger partial charge in [-0.2, -0.15) is 0 Å². The second-order valence-electron chi connectivity index (χ2n) is 4.36. The fourth-order valence-electron chi connectivity index (χ4n) is 1.41. The summed E-state index contributed by atoms with van der Waals surface area (Å²) < 4.78 is 0. The monoisotopic (exact) mass is 323 g/mol. The maximum absolute atomic E-state index is 11.9. The summed E-state index contributed by atoms with van der Waals surface area (Å²) in [5.74, 6) is -1.13. The van der Waals surface area contributed by atoms with Crippen molar-refractivity contribution in [1.29, 1.82) is 0 Å². The number of carbonyl (C=O) groups excluding carboxylic acids is 2. The van der Waals surface area contributed by atoms with Crippen molar-refractivity contribution in [3.8, 4) is 0 Å². The van der Waals surface area contributed by atoms with Crippen LogP contribution in [-0.2, 0) is 4.79 Å². The number of nitrogens with one attached hydrogen (secondary N) is 3. The number of benzene rings is 1. The number of rotatable bonds is 6. The SMILES string of the molecule is CC(=O)N/C=C(/C)NNC(=O)c1cc([N+](=O)[O-])cc([N+](=O)[O-])c1. The largest absolute Gasteiger partial charge is 0.331 e. The predicted octanol–water partition coefficient (Wildman–Crippen LogP) is 0.735. The lowest BCUT2D eigenvalue weighted by atomic mass is 10.1. The Morgan fingerprint density at radius 2 is 1.52 bits per heavy atom. The normalized spacial score (nSPS) is 10.6. The number of nitrogens with zero attached hydrogens (tertiary/aromatic N) is 2. The third kappa shape index (κ3) is 5.41. The van der Waals surface area contributed by atoms with Crippen LogP contribution in [0.1, 0.15) is 24.2 Å². The minimum absolute atomic E-state index is 0.259. The van der Waals surface area contributed by atoms with Crippen LogP contribution < -0.4 is 16.2 Å². The van der Waals surface area contributed by atoms with Crippen LogP contribution in [0.3, 0.4) is 0 Å². The summed E-state index contributed by atoms with van der Waals surface area (Å²) in [6, 6.07) is 2.58. The number of hydrogen-bond acceptors (Lipinski definition) is 7. The molecule has 23 heavy (non-hydrogen) atoms. The van der Waals surface area contributed by atoms with Gasteiger partial charge in [-0.1, -0.05) is 0 Å². The van der Waals surface area contributed by atoms with Gasteiger partial charge in [-0.15, -0.1) is 0 Å². The molecule has 2 amide bonds. The van der Waals surface area contributed by atoms with Gasteiger partial charge < -0.3 is 10.7 Å². The topological polar surface area (TPSA) is 157 Å². The Balaban J connectivity index is 2.91. The molecule has 0 saturated heterocycles. The van der Waals surface area contributed by atoms with Crippen LogP contribution in [-0.4, -0.2) is 21.7 Å². The Kier molecular flexibility index (Phi) is 5.72. The zero-order valence-electron chi connectivity index (χ0n) is 12.2. The fraction of sp³-hybridized carbons (Fsp3) is 0.167. The third-order valence-corrected chi connectivity index (χ3v) is 2.45. The molecule has 0 spiro atoms. The summed E-state index contributed by atoms with van der Waals surface area (Å²) in [6.07, 6.45) is 1.29. The van der Waals surface area contributed by atoms with Crippen molar-refractivity contribution in [3.63, 3.8) is 0 Å². The highest BCUT2D eigenvalue weighted by molar-refractivity contribution is 5.95. The number of non-ortho nitro benzene ring substituents is 2. The van der Waals surface area contributed by atoms with Gasteiger partial charge in [0.15, 0.2) is 0 Å². The Bertz CT molecular complexity index is 667. The third-order valence-electron chi connectivity index (χ3n) is 2.45. The molecule has 1 aromatic rings. The van der Waals surface area contributed by atoms with Gasteiger partial charge in [0.25, 0.3) is 17.3 Å². The van der Waals surface area contributed by atoms with E-state index in [1.165, 1.54) is 20.0 Å². The van der Waals surface area contributed by atoms with Crippen molar-refractivity contribution in [2.24, 2.45) is 0 Å². The fourth-order valence-corrected chi connectivity index (χ4v) is 1.41. The summed E-state index contributed by atoms with van der Waals surface area (Å²) in [4.78, 5) is 42.5. The summed E-state index contributed by atoms with van der Waals surface area (Å²) >= 11 is 0. The van der Waals surface area contributed by atoms with Gasteiger partial charge in [0, 0.05) is 31.0 Å². The van der Waals surface area contributed by atoms with Gasteiger partial charge in [-0.05, 0) is 6.92 Å². The molecule has 0 fully saturated rings. The summed E-state index contributed by atoms with van der Waals surface area (Å²) in [5.41, 5.74) is 3.60. The highest BCUT2D eigenvalue weighted by Gasteiger charge is 2.19. The maximum Gasteiger partial charge on any atom is 0.277 e. The number of carbonyl (C=O) groups is 2. The van der Waals surface area contributed by atoms with Crippen molar-refractivity contribution < 1.29 is 19.4 Å². The lowest BCUT2D eigenvalue weighted by molar-refractivity contribution is -0.394. The summed E-state index contributed by atoms with van der Waals surface area (Å²) in [6.45, 7) is 2.83. The van der Waals surface area contributed by atoms with E-state index in [1.54, 1.807) is 0 Å². The zero-order chi connectivity index (χ0) is 17.6. The molecular formula is C12H13N5O6. The van der Waals surface area contributed by atoms with Gasteiger partial charge >= 0.3 is 0 Å². The standard InChI is InChI=1S/C12H13N5O6/c1-7(6-13-8(2)18)14-15-12(19)9-3-10(16(20)21)5-11(4-9)17(22)23/h3-6,14H,1-2H3,(H,13,18)(H,15,19)/b7-6-. The Labute approximate surface area is 129 Å². The molecule has 11 heteroatoms. The van der Waals surface area contributed by atoms with Crippen LogP contribution in [0.2, 0.25) is 0 Å². The minimum atomic E-state index is -0.834. The molecule has 0 radical (unpaired) electrons. The van der Waals surface area contributed by atoms with E-state index >= 15 is 0 Å². The van der Waals surface area contributed by atoms with Crippen LogP contribution >= 0.6 is 0 Å². The number of nitro benzene ring substituents is 2. The van der Waals surface area contributed by atoms with E-state index < -0.39 is 27.1 Å². The first-order valence-corrected chi connectivity index (χ1v) is 6.15. The second-order valence-corrected chi connectivity index (χ2v) is 4.36. The first kappa shape index (κ1) is 17.6. The van der Waals surface area contributed by atoms with E-state index in [4.69, 9.17) is 0 Å². The zero-order valence-corrected chi connectivity index (χ0v) is 12.2. The van der Waals surface area contributed by atoms with E-state index in [-0.39, 0.29) is 11.5 Å². The van der Waals surface area contributed by atoms with E-state index in [1.807, 2.05) is 0 Å². The van der Waals surface area contributed by atoms with Crippen LogP contribution in [0.15, 0.2) is 30.1 Å². The van der Waals surface area contributed by atoms with Crippen molar-refractivity contribution in [1.82, 2.24) is 16.2 Å². The number of allylic oxidation sites excluding steroid dienone is 1. The number of hydrogen-bond donors (Lipinski definition) is 3. The first-order valence-electron chi connectivity index (χ1n) is 6.15. The van der Waals surface area contributed by atoms with Gasteiger partial charge in [0.05, 0.1) is 21.5 Å². The van der Waals surface area contributed by atoms with E-state index in [0.717, 1.165) is 18.2 Å². The average molecular weight is 323 g/mol. The van der Waals surface area contributed by atoms with Crippen molar-refractivity contribution in [2.75, 3.05) is 0 Å². The van der Waals surface area contributed by atoms with E-state index in [0.29, 0.717) is 5.70 Å². The number of hydrazine groups is 1. The molecular weight excluding hydrogens is 310 g/mol. The molecule has 0 unspecified atom stereocenters. The molecule has 0 aliphatic carbocycles.